The second kappa shape index (κ2) is 9.31. The van der Waals surface area contributed by atoms with Crippen LogP contribution in [0.3, 0.4) is 0 Å². The maximum absolute atomic E-state index is 14.1. The highest BCUT2D eigenvalue weighted by molar-refractivity contribution is 9.10. The number of hydrazone groups is 1. The van der Waals surface area contributed by atoms with E-state index in [1.807, 2.05) is 0 Å². The van der Waals surface area contributed by atoms with E-state index < -0.39 is 35.0 Å². The van der Waals surface area contributed by atoms with Crippen molar-refractivity contribution in [2.45, 2.75) is 18.6 Å². The predicted molar refractivity (Wildman–Crippen MR) is 137 cm³/mol. The molecule has 5 aromatic rings. The van der Waals surface area contributed by atoms with E-state index in [1.54, 1.807) is 18.2 Å². The van der Waals surface area contributed by atoms with Gasteiger partial charge in [-0.05, 0) is 36.4 Å². The number of rotatable bonds is 4. The van der Waals surface area contributed by atoms with Crippen molar-refractivity contribution < 1.29 is 31.9 Å². The molecule has 1 aromatic carbocycles. The van der Waals surface area contributed by atoms with Crippen LogP contribution in [0.4, 0.5) is 13.2 Å². The number of phenols is 1. The molecular weight excluding hydrogens is 605 g/mol. The summed E-state index contributed by atoms with van der Waals surface area (Å²) < 4.78 is 54.1. The summed E-state index contributed by atoms with van der Waals surface area (Å²) in [6.07, 6.45) is 2.28. The number of nitrogens with zero attached hydrogens (tertiary/aromatic N) is 4. The number of fused-ring (bicyclic) bond motifs is 1. The van der Waals surface area contributed by atoms with Crippen LogP contribution in [0.1, 0.15) is 39.6 Å². The number of furan rings is 2. The molecule has 0 aliphatic carbocycles. The van der Waals surface area contributed by atoms with Gasteiger partial charge >= 0.3 is 6.18 Å². The van der Waals surface area contributed by atoms with Crippen LogP contribution in [-0.4, -0.2) is 31.1 Å². The predicted octanol–water partition coefficient (Wildman–Crippen LogP) is 7.32. The van der Waals surface area contributed by atoms with Gasteiger partial charge in [-0.25, -0.2) is 9.99 Å². The number of carbonyl (C=O) groups is 1. The number of aromatic hydroxyl groups is 1. The highest BCUT2D eigenvalue weighted by Crippen LogP contribution is 2.41. The van der Waals surface area contributed by atoms with Gasteiger partial charge < -0.3 is 13.9 Å². The monoisotopic (exact) mass is 618 g/mol. The van der Waals surface area contributed by atoms with Gasteiger partial charge in [0.25, 0.3) is 5.91 Å². The van der Waals surface area contributed by atoms with Crippen LogP contribution in [0.2, 0.25) is 5.15 Å². The number of hydrogen-bond donors (Lipinski definition) is 1. The minimum atomic E-state index is -4.79. The number of pyridine rings is 1. The molecular formula is C26H15BrClF3N4O4. The number of phenolic OH excluding ortho intramolecular Hbond substituents is 1. The Morgan fingerprint density at radius 3 is 2.46 bits per heavy atom. The van der Waals surface area contributed by atoms with Gasteiger partial charge in [-0.3, -0.25) is 9.20 Å². The first-order valence-electron chi connectivity index (χ1n) is 11.3. The zero-order valence-electron chi connectivity index (χ0n) is 19.5. The lowest BCUT2D eigenvalue weighted by molar-refractivity contribution is -0.136. The summed E-state index contributed by atoms with van der Waals surface area (Å²) in [4.78, 5) is 17.9. The fourth-order valence-electron chi connectivity index (χ4n) is 4.49. The molecule has 0 bridgehead atoms. The molecule has 8 nitrogen and oxygen atoms in total. The molecule has 5 heterocycles. The SMILES string of the molecule is O=C(c1nc2c(C(F)(F)F)cc(-c3ccoc3)cn2c1Cl)N1N=C(c2ccoc2)CC1c1cc(Br)ccc1O. The Hall–Kier alpha value is -4.03. The molecule has 6 rings (SSSR count). The van der Waals surface area contributed by atoms with E-state index in [-0.39, 0.29) is 22.9 Å². The smallest absolute Gasteiger partial charge is 0.420 e. The van der Waals surface area contributed by atoms with Crippen molar-refractivity contribution in [2.24, 2.45) is 5.10 Å². The molecule has 1 N–H and O–H groups in total. The molecule has 4 aromatic heterocycles. The summed E-state index contributed by atoms with van der Waals surface area (Å²) in [6, 6.07) is 8.02. The quantitative estimate of drug-likeness (QED) is 0.227. The van der Waals surface area contributed by atoms with Crippen molar-refractivity contribution in [3.63, 3.8) is 0 Å². The van der Waals surface area contributed by atoms with Crippen LogP contribution in [0.15, 0.2) is 86.1 Å². The minimum absolute atomic E-state index is 0.0881. The fourth-order valence-corrected chi connectivity index (χ4v) is 5.12. The lowest BCUT2D eigenvalue weighted by Crippen LogP contribution is -2.27. The van der Waals surface area contributed by atoms with Crippen molar-refractivity contribution >= 4 is 44.8 Å². The number of aromatic nitrogens is 2. The Kier molecular flexibility index (Phi) is 6.03. The zero-order chi connectivity index (χ0) is 27.5. The standard InChI is InChI=1S/C26H15BrClF3N4O4/c27-16-1-2-21(36)17(8-16)20-9-19(14-4-6-39-12-14)33-35(20)25(37)22-23(28)34-10-15(13-3-5-38-11-13)7-18(24(34)32-22)26(29,30)31/h1-8,10-12,20,36H,9H2. The summed E-state index contributed by atoms with van der Waals surface area (Å²) in [5.41, 5.74) is -0.0363. The molecule has 1 amide bonds. The molecule has 1 aliphatic rings. The van der Waals surface area contributed by atoms with Gasteiger partial charge in [0, 0.05) is 39.3 Å². The summed E-state index contributed by atoms with van der Waals surface area (Å²) in [5.74, 6) is -0.931. The van der Waals surface area contributed by atoms with Crippen molar-refractivity contribution in [1.82, 2.24) is 14.4 Å². The Bertz CT molecular complexity index is 1750. The van der Waals surface area contributed by atoms with E-state index in [1.165, 1.54) is 43.4 Å². The number of halogens is 5. The molecule has 0 fully saturated rings. The maximum Gasteiger partial charge on any atom is 0.420 e. The van der Waals surface area contributed by atoms with Crippen molar-refractivity contribution in [3.05, 3.63) is 99.7 Å². The number of carbonyl (C=O) groups excluding carboxylic acids is 1. The van der Waals surface area contributed by atoms with Gasteiger partial charge in [-0.2, -0.15) is 18.3 Å². The van der Waals surface area contributed by atoms with E-state index in [4.69, 9.17) is 20.4 Å². The van der Waals surface area contributed by atoms with Crippen LogP contribution in [-0.2, 0) is 6.18 Å². The third-order valence-electron chi connectivity index (χ3n) is 6.35. The van der Waals surface area contributed by atoms with Crippen molar-refractivity contribution in [1.29, 1.82) is 0 Å². The Labute approximate surface area is 231 Å². The normalized spacial score (nSPS) is 15.8. The van der Waals surface area contributed by atoms with Crippen molar-refractivity contribution in [2.75, 3.05) is 0 Å². The van der Waals surface area contributed by atoms with Gasteiger partial charge in [0.15, 0.2) is 11.3 Å². The highest BCUT2D eigenvalue weighted by Gasteiger charge is 2.40. The van der Waals surface area contributed by atoms with Gasteiger partial charge in [0.1, 0.15) is 10.9 Å². The largest absolute Gasteiger partial charge is 0.508 e. The van der Waals surface area contributed by atoms with Crippen LogP contribution < -0.4 is 0 Å². The van der Waals surface area contributed by atoms with Crippen LogP contribution in [0.25, 0.3) is 16.8 Å². The van der Waals surface area contributed by atoms with Crippen LogP contribution in [0, 0.1) is 0 Å². The highest BCUT2D eigenvalue weighted by atomic mass is 79.9. The molecule has 39 heavy (non-hydrogen) atoms. The second-order valence-electron chi connectivity index (χ2n) is 8.73. The summed E-state index contributed by atoms with van der Waals surface area (Å²) in [6.45, 7) is 0. The summed E-state index contributed by atoms with van der Waals surface area (Å²) in [7, 11) is 0. The Morgan fingerprint density at radius 1 is 1.08 bits per heavy atom. The Balaban J connectivity index is 1.50. The van der Waals surface area contributed by atoms with E-state index in [0.29, 0.717) is 26.9 Å². The molecule has 198 valence electrons. The maximum atomic E-state index is 14.1. The van der Waals surface area contributed by atoms with Gasteiger partial charge in [0.2, 0.25) is 0 Å². The molecule has 1 unspecified atom stereocenters. The molecule has 1 atom stereocenters. The van der Waals surface area contributed by atoms with E-state index in [0.717, 1.165) is 15.5 Å². The van der Waals surface area contributed by atoms with E-state index in [2.05, 4.69) is 26.0 Å². The third kappa shape index (κ3) is 4.39. The van der Waals surface area contributed by atoms with Gasteiger partial charge in [-0.15, -0.1) is 0 Å². The summed E-state index contributed by atoms with van der Waals surface area (Å²) in [5, 5.41) is 15.8. The van der Waals surface area contributed by atoms with Crippen molar-refractivity contribution in [3.8, 4) is 16.9 Å². The average molecular weight is 620 g/mol. The first kappa shape index (κ1) is 25.3. The molecule has 0 radical (unpaired) electrons. The minimum Gasteiger partial charge on any atom is -0.508 e. The van der Waals surface area contributed by atoms with Crippen LogP contribution >= 0.6 is 27.5 Å². The molecule has 13 heteroatoms. The van der Waals surface area contributed by atoms with Gasteiger partial charge in [-0.1, -0.05) is 27.5 Å². The molecule has 0 spiro atoms. The first-order valence-corrected chi connectivity index (χ1v) is 12.5. The number of benzene rings is 1. The lowest BCUT2D eigenvalue weighted by Gasteiger charge is -2.22. The molecule has 1 aliphatic heterocycles. The first-order chi connectivity index (χ1) is 18.6. The van der Waals surface area contributed by atoms with E-state index in [9.17, 15) is 23.1 Å². The third-order valence-corrected chi connectivity index (χ3v) is 7.20. The molecule has 0 saturated heterocycles. The average Bonchev–Trinajstić information content (AvgIpc) is 3.70. The van der Waals surface area contributed by atoms with E-state index >= 15 is 0 Å². The number of alkyl halides is 3. The number of amides is 1. The zero-order valence-corrected chi connectivity index (χ0v) is 21.8. The van der Waals surface area contributed by atoms with Gasteiger partial charge in [0.05, 0.1) is 42.4 Å². The topological polar surface area (TPSA) is 96.5 Å². The number of imidazole rings is 1. The fraction of sp³-hybridized carbons (Fsp3) is 0.115. The second-order valence-corrected chi connectivity index (χ2v) is 10.0. The number of hydrogen-bond acceptors (Lipinski definition) is 6. The Morgan fingerprint density at radius 2 is 1.79 bits per heavy atom. The van der Waals surface area contributed by atoms with Crippen LogP contribution in [0.5, 0.6) is 5.75 Å². The summed E-state index contributed by atoms with van der Waals surface area (Å²) >= 11 is 9.88. The molecule has 0 saturated carbocycles. The lowest BCUT2D eigenvalue weighted by atomic mass is 9.98.